The molecule has 0 aliphatic carbocycles. The van der Waals surface area contributed by atoms with Crippen LogP contribution in [0, 0.1) is 5.82 Å². The van der Waals surface area contributed by atoms with Gasteiger partial charge in [0.1, 0.15) is 11.3 Å². The largest absolute Gasteiger partial charge is 0.495 e. The number of nitrogens with zero attached hydrogens (tertiary/aromatic N) is 2. The molecule has 0 amide bonds. The van der Waals surface area contributed by atoms with Crippen LogP contribution in [0.3, 0.4) is 0 Å². The predicted octanol–water partition coefficient (Wildman–Crippen LogP) is 2.76. The first kappa shape index (κ1) is 11.5. The van der Waals surface area contributed by atoms with E-state index in [1.807, 2.05) is 24.3 Å². The average molecular weight is 257 g/mol. The van der Waals surface area contributed by atoms with Crippen LogP contribution in [0.5, 0.6) is 5.75 Å². The van der Waals surface area contributed by atoms with Crippen LogP contribution in [0.15, 0.2) is 42.5 Å². The van der Waals surface area contributed by atoms with Gasteiger partial charge >= 0.3 is 0 Å². The van der Waals surface area contributed by atoms with Crippen molar-refractivity contribution >= 4 is 17.0 Å². The minimum absolute atomic E-state index is 0.226. The van der Waals surface area contributed by atoms with Crippen molar-refractivity contribution in [3.05, 3.63) is 48.3 Å². The van der Waals surface area contributed by atoms with E-state index >= 15 is 0 Å². The summed E-state index contributed by atoms with van der Waals surface area (Å²) in [5.41, 5.74) is 7.51. The molecule has 4 nitrogen and oxygen atoms in total. The molecule has 96 valence electrons. The van der Waals surface area contributed by atoms with Gasteiger partial charge in [0.05, 0.1) is 18.3 Å². The topological polar surface area (TPSA) is 53.1 Å². The molecule has 19 heavy (non-hydrogen) atoms. The summed E-state index contributed by atoms with van der Waals surface area (Å²) in [5.74, 6) is 0.486. The summed E-state index contributed by atoms with van der Waals surface area (Å²) in [7, 11) is 1.58. The van der Waals surface area contributed by atoms with Crippen molar-refractivity contribution in [1.29, 1.82) is 0 Å². The van der Waals surface area contributed by atoms with E-state index in [2.05, 4.69) is 4.98 Å². The van der Waals surface area contributed by atoms with E-state index in [0.29, 0.717) is 11.3 Å². The SMILES string of the molecule is COc1ccccc1-n1c(N)nc2c(F)cccc21. The van der Waals surface area contributed by atoms with Crippen LogP contribution in [-0.2, 0) is 0 Å². The molecule has 1 aromatic heterocycles. The van der Waals surface area contributed by atoms with Crippen LogP contribution in [0.1, 0.15) is 0 Å². The van der Waals surface area contributed by atoms with Crippen molar-refractivity contribution in [3.8, 4) is 11.4 Å². The first-order chi connectivity index (χ1) is 9.22. The van der Waals surface area contributed by atoms with Crippen LogP contribution in [0.4, 0.5) is 10.3 Å². The Morgan fingerprint density at radius 2 is 1.95 bits per heavy atom. The molecule has 1 heterocycles. The molecule has 3 aromatic rings. The van der Waals surface area contributed by atoms with E-state index < -0.39 is 5.82 Å². The van der Waals surface area contributed by atoms with Crippen LogP contribution in [0.25, 0.3) is 16.7 Å². The van der Waals surface area contributed by atoms with E-state index in [0.717, 1.165) is 5.69 Å². The highest BCUT2D eigenvalue weighted by Gasteiger charge is 2.15. The van der Waals surface area contributed by atoms with Gasteiger partial charge in [0, 0.05) is 0 Å². The molecule has 0 atom stereocenters. The zero-order valence-electron chi connectivity index (χ0n) is 10.3. The number of aromatic nitrogens is 2. The third-order valence-corrected chi connectivity index (χ3v) is 2.99. The van der Waals surface area contributed by atoms with Crippen molar-refractivity contribution in [2.45, 2.75) is 0 Å². The zero-order valence-corrected chi connectivity index (χ0v) is 10.3. The number of para-hydroxylation sites is 3. The lowest BCUT2D eigenvalue weighted by Crippen LogP contribution is -2.02. The predicted molar refractivity (Wildman–Crippen MR) is 72.0 cm³/mol. The molecule has 0 radical (unpaired) electrons. The number of hydrogen-bond donors (Lipinski definition) is 1. The van der Waals surface area contributed by atoms with Crippen molar-refractivity contribution < 1.29 is 9.13 Å². The fraction of sp³-hybridized carbons (Fsp3) is 0.0714. The standard InChI is InChI=1S/C14H12FN3O/c1-19-12-8-3-2-6-10(12)18-11-7-4-5-9(15)13(11)17-14(18)16/h2-8H,1H3,(H2,16,17). The number of benzene rings is 2. The maximum Gasteiger partial charge on any atom is 0.206 e. The van der Waals surface area contributed by atoms with Crippen molar-refractivity contribution in [2.24, 2.45) is 0 Å². The van der Waals surface area contributed by atoms with Crippen LogP contribution >= 0.6 is 0 Å². The molecular weight excluding hydrogens is 245 g/mol. The van der Waals surface area contributed by atoms with E-state index in [9.17, 15) is 4.39 Å². The molecule has 0 aliphatic heterocycles. The Bertz CT molecular complexity index is 752. The van der Waals surface area contributed by atoms with Gasteiger partial charge in [-0.2, -0.15) is 0 Å². The minimum atomic E-state index is -0.391. The lowest BCUT2D eigenvalue weighted by atomic mass is 10.2. The van der Waals surface area contributed by atoms with Gasteiger partial charge in [-0.3, -0.25) is 4.57 Å². The third kappa shape index (κ3) is 1.71. The molecule has 2 N–H and O–H groups in total. The number of anilines is 1. The summed E-state index contributed by atoms with van der Waals surface area (Å²) in [6.07, 6.45) is 0. The van der Waals surface area contributed by atoms with Crippen molar-refractivity contribution in [1.82, 2.24) is 9.55 Å². The lowest BCUT2D eigenvalue weighted by molar-refractivity contribution is 0.413. The lowest BCUT2D eigenvalue weighted by Gasteiger charge is -2.11. The molecule has 5 heteroatoms. The number of nitrogen functional groups attached to an aromatic ring is 1. The number of rotatable bonds is 2. The molecule has 0 saturated heterocycles. The Labute approximate surface area is 109 Å². The summed E-state index contributed by atoms with van der Waals surface area (Å²) < 4.78 is 20.7. The second-order valence-corrected chi connectivity index (χ2v) is 4.08. The van der Waals surface area contributed by atoms with Gasteiger partial charge < -0.3 is 10.5 Å². The van der Waals surface area contributed by atoms with E-state index in [1.165, 1.54) is 6.07 Å². The second kappa shape index (κ2) is 4.28. The summed E-state index contributed by atoms with van der Waals surface area (Å²) in [6.45, 7) is 0. The highest BCUT2D eigenvalue weighted by atomic mass is 19.1. The van der Waals surface area contributed by atoms with E-state index in [1.54, 1.807) is 23.8 Å². The summed E-state index contributed by atoms with van der Waals surface area (Å²) in [6, 6.07) is 12.2. The van der Waals surface area contributed by atoms with Gasteiger partial charge in [0.2, 0.25) is 5.95 Å². The van der Waals surface area contributed by atoms with Gasteiger partial charge in [-0.05, 0) is 24.3 Å². The number of halogens is 1. The maximum atomic E-state index is 13.7. The summed E-state index contributed by atoms with van der Waals surface area (Å²) in [4.78, 5) is 4.07. The van der Waals surface area contributed by atoms with Gasteiger partial charge in [-0.25, -0.2) is 9.37 Å². The van der Waals surface area contributed by atoms with Crippen LogP contribution in [-0.4, -0.2) is 16.7 Å². The monoisotopic (exact) mass is 257 g/mol. The fourth-order valence-electron chi connectivity index (χ4n) is 2.15. The Morgan fingerprint density at radius 3 is 2.74 bits per heavy atom. The first-order valence-corrected chi connectivity index (χ1v) is 5.78. The van der Waals surface area contributed by atoms with Gasteiger partial charge in [0.25, 0.3) is 0 Å². The molecule has 0 spiro atoms. The van der Waals surface area contributed by atoms with Gasteiger partial charge in [-0.15, -0.1) is 0 Å². The number of hydrogen-bond acceptors (Lipinski definition) is 3. The molecule has 0 aliphatic rings. The third-order valence-electron chi connectivity index (χ3n) is 2.99. The Hall–Kier alpha value is -2.56. The Kier molecular flexibility index (Phi) is 2.59. The fourth-order valence-corrected chi connectivity index (χ4v) is 2.15. The number of nitrogens with two attached hydrogens (primary N) is 1. The number of ether oxygens (including phenoxy) is 1. The number of imidazole rings is 1. The molecule has 0 unspecified atom stereocenters. The Balaban J connectivity index is 2.37. The number of methoxy groups -OCH3 is 1. The highest BCUT2D eigenvalue weighted by molar-refractivity contribution is 5.82. The Morgan fingerprint density at radius 1 is 1.16 bits per heavy atom. The summed E-state index contributed by atoms with van der Waals surface area (Å²) in [5, 5.41) is 0. The van der Waals surface area contributed by atoms with Crippen LogP contribution in [0.2, 0.25) is 0 Å². The van der Waals surface area contributed by atoms with Crippen molar-refractivity contribution in [2.75, 3.05) is 12.8 Å². The molecule has 3 rings (SSSR count). The second-order valence-electron chi connectivity index (χ2n) is 4.08. The zero-order chi connectivity index (χ0) is 13.4. The summed E-state index contributed by atoms with van der Waals surface area (Å²) >= 11 is 0. The minimum Gasteiger partial charge on any atom is -0.495 e. The normalized spacial score (nSPS) is 10.8. The smallest absolute Gasteiger partial charge is 0.206 e. The highest BCUT2D eigenvalue weighted by Crippen LogP contribution is 2.29. The van der Waals surface area contributed by atoms with Crippen molar-refractivity contribution in [3.63, 3.8) is 0 Å². The number of fused-ring (bicyclic) bond motifs is 1. The van der Waals surface area contributed by atoms with E-state index in [4.69, 9.17) is 10.5 Å². The molecule has 0 bridgehead atoms. The quantitative estimate of drug-likeness (QED) is 0.768. The van der Waals surface area contributed by atoms with E-state index in [-0.39, 0.29) is 11.5 Å². The molecule has 2 aromatic carbocycles. The molecular formula is C14H12FN3O. The van der Waals surface area contributed by atoms with Gasteiger partial charge in [0.15, 0.2) is 5.82 Å². The average Bonchev–Trinajstić information content (AvgIpc) is 2.76. The van der Waals surface area contributed by atoms with Crippen LogP contribution < -0.4 is 10.5 Å². The molecule has 0 fully saturated rings. The maximum absolute atomic E-state index is 13.7. The molecule has 0 saturated carbocycles. The first-order valence-electron chi connectivity index (χ1n) is 5.78. The van der Waals surface area contributed by atoms with Gasteiger partial charge in [-0.1, -0.05) is 18.2 Å².